The van der Waals surface area contributed by atoms with Gasteiger partial charge in [0.25, 0.3) is 10.0 Å². The van der Waals surface area contributed by atoms with Crippen molar-refractivity contribution in [3.8, 4) is 0 Å². The van der Waals surface area contributed by atoms with Gasteiger partial charge in [-0.1, -0.05) is 29.3 Å². The van der Waals surface area contributed by atoms with Crippen molar-refractivity contribution < 1.29 is 8.42 Å². The SMILES string of the molecule is CC1Cc2cc(S(=O)(=O)Nc3cccc(Cl)c3Cl)ccc2N1. The fraction of sp³-hybridized carbons (Fsp3) is 0.200. The molecule has 7 heteroatoms. The van der Waals surface area contributed by atoms with E-state index in [0.717, 1.165) is 17.7 Å². The Bertz CT molecular complexity index is 837. The van der Waals surface area contributed by atoms with E-state index in [-0.39, 0.29) is 15.6 Å². The molecule has 0 saturated heterocycles. The van der Waals surface area contributed by atoms with Gasteiger partial charge in [0.05, 0.1) is 20.6 Å². The van der Waals surface area contributed by atoms with Crippen LogP contribution in [0.5, 0.6) is 0 Å². The minimum absolute atomic E-state index is 0.184. The summed E-state index contributed by atoms with van der Waals surface area (Å²) in [6.45, 7) is 2.05. The Hall–Kier alpha value is -1.43. The molecule has 116 valence electrons. The Labute approximate surface area is 139 Å². The summed E-state index contributed by atoms with van der Waals surface area (Å²) in [4.78, 5) is 0.207. The monoisotopic (exact) mass is 356 g/mol. The van der Waals surface area contributed by atoms with Crippen molar-refractivity contribution in [2.24, 2.45) is 0 Å². The maximum Gasteiger partial charge on any atom is 0.261 e. The standard InChI is InChI=1S/C15H14Cl2N2O2S/c1-9-7-10-8-11(5-6-13(10)18-9)22(20,21)19-14-4-2-3-12(16)15(14)17/h2-6,8-9,18-19H,7H2,1H3. The Balaban J connectivity index is 1.94. The number of rotatable bonds is 3. The summed E-state index contributed by atoms with van der Waals surface area (Å²) in [5.74, 6) is 0. The highest BCUT2D eigenvalue weighted by Crippen LogP contribution is 2.32. The van der Waals surface area contributed by atoms with Gasteiger partial charge in [0, 0.05) is 11.7 Å². The average molecular weight is 357 g/mol. The topological polar surface area (TPSA) is 58.2 Å². The first-order valence-electron chi connectivity index (χ1n) is 6.73. The van der Waals surface area contributed by atoms with Gasteiger partial charge in [0.2, 0.25) is 0 Å². The fourth-order valence-corrected chi connectivity index (χ4v) is 4.01. The van der Waals surface area contributed by atoms with E-state index in [1.807, 2.05) is 0 Å². The number of nitrogens with one attached hydrogen (secondary N) is 2. The molecule has 0 bridgehead atoms. The second kappa shape index (κ2) is 5.65. The van der Waals surface area contributed by atoms with Gasteiger partial charge in [-0.3, -0.25) is 4.72 Å². The molecule has 0 fully saturated rings. The van der Waals surface area contributed by atoms with Gasteiger partial charge in [-0.25, -0.2) is 8.42 Å². The van der Waals surface area contributed by atoms with Crippen LogP contribution in [0.4, 0.5) is 11.4 Å². The second-order valence-electron chi connectivity index (χ2n) is 5.28. The van der Waals surface area contributed by atoms with Crippen molar-refractivity contribution in [3.63, 3.8) is 0 Å². The molecule has 2 aromatic carbocycles. The van der Waals surface area contributed by atoms with Gasteiger partial charge < -0.3 is 5.32 Å². The molecule has 1 heterocycles. The molecule has 1 aliphatic heterocycles. The molecular formula is C15H14Cl2N2O2S. The number of sulfonamides is 1. The molecule has 0 saturated carbocycles. The molecule has 0 radical (unpaired) electrons. The zero-order chi connectivity index (χ0) is 15.9. The van der Waals surface area contributed by atoms with Crippen LogP contribution in [0, 0.1) is 0 Å². The van der Waals surface area contributed by atoms with E-state index in [4.69, 9.17) is 23.2 Å². The molecule has 0 aliphatic carbocycles. The van der Waals surface area contributed by atoms with Gasteiger partial charge in [0.1, 0.15) is 0 Å². The summed E-state index contributed by atoms with van der Waals surface area (Å²) >= 11 is 11.9. The Kier molecular flexibility index (Phi) is 3.97. The number of halogens is 2. The van der Waals surface area contributed by atoms with E-state index in [9.17, 15) is 8.42 Å². The smallest absolute Gasteiger partial charge is 0.261 e. The zero-order valence-corrected chi connectivity index (χ0v) is 14.1. The predicted octanol–water partition coefficient (Wildman–Crippen LogP) is 4.15. The Morgan fingerprint density at radius 3 is 2.77 bits per heavy atom. The van der Waals surface area contributed by atoms with Crippen molar-refractivity contribution in [1.29, 1.82) is 0 Å². The van der Waals surface area contributed by atoms with Crippen LogP contribution in [0.15, 0.2) is 41.3 Å². The van der Waals surface area contributed by atoms with Crippen LogP contribution < -0.4 is 10.0 Å². The second-order valence-corrected chi connectivity index (χ2v) is 7.74. The molecule has 0 amide bonds. The summed E-state index contributed by atoms with van der Waals surface area (Å²) in [5.41, 5.74) is 2.24. The predicted molar refractivity (Wildman–Crippen MR) is 90.5 cm³/mol. The summed E-state index contributed by atoms with van der Waals surface area (Å²) < 4.78 is 27.5. The largest absolute Gasteiger partial charge is 0.382 e. The normalized spacial score (nSPS) is 17.0. The first-order valence-corrected chi connectivity index (χ1v) is 8.97. The maximum absolute atomic E-state index is 12.5. The third-order valence-corrected chi connectivity index (χ3v) is 5.69. The van der Waals surface area contributed by atoms with Crippen LogP contribution in [-0.2, 0) is 16.4 Å². The average Bonchev–Trinajstić information content (AvgIpc) is 2.82. The van der Waals surface area contributed by atoms with Gasteiger partial charge >= 0.3 is 0 Å². The van der Waals surface area contributed by atoms with Crippen LogP contribution in [0.2, 0.25) is 10.0 Å². The third kappa shape index (κ3) is 2.89. The van der Waals surface area contributed by atoms with Crippen molar-refractivity contribution in [2.45, 2.75) is 24.3 Å². The molecule has 1 atom stereocenters. The lowest BCUT2D eigenvalue weighted by molar-refractivity contribution is 0.601. The first kappa shape index (κ1) is 15.5. The van der Waals surface area contributed by atoms with Crippen molar-refractivity contribution in [3.05, 3.63) is 52.0 Å². The van der Waals surface area contributed by atoms with Crippen LogP contribution in [0.1, 0.15) is 12.5 Å². The summed E-state index contributed by atoms with van der Waals surface area (Å²) in [6.07, 6.45) is 0.802. The zero-order valence-electron chi connectivity index (χ0n) is 11.7. The lowest BCUT2D eigenvalue weighted by Gasteiger charge is -2.11. The molecule has 1 aliphatic rings. The molecule has 0 spiro atoms. The molecular weight excluding hydrogens is 343 g/mol. The van der Waals surface area contributed by atoms with Gasteiger partial charge in [0.15, 0.2) is 0 Å². The molecule has 4 nitrogen and oxygen atoms in total. The van der Waals surface area contributed by atoms with Crippen LogP contribution >= 0.6 is 23.2 Å². The minimum Gasteiger partial charge on any atom is -0.382 e. The highest BCUT2D eigenvalue weighted by Gasteiger charge is 2.22. The number of hydrogen-bond donors (Lipinski definition) is 2. The molecule has 1 unspecified atom stereocenters. The first-order chi connectivity index (χ1) is 10.4. The lowest BCUT2D eigenvalue weighted by Crippen LogP contribution is -2.13. The summed E-state index contributed by atoms with van der Waals surface area (Å²) in [5, 5.41) is 3.77. The minimum atomic E-state index is -3.71. The van der Waals surface area contributed by atoms with Crippen molar-refractivity contribution in [2.75, 3.05) is 10.0 Å². The Morgan fingerprint density at radius 2 is 2.00 bits per heavy atom. The van der Waals surface area contributed by atoms with E-state index in [1.165, 1.54) is 0 Å². The van der Waals surface area contributed by atoms with Crippen LogP contribution in [0.3, 0.4) is 0 Å². The quantitative estimate of drug-likeness (QED) is 0.868. The number of hydrogen-bond acceptors (Lipinski definition) is 3. The van der Waals surface area contributed by atoms with E-state index in [1.54, 1.807) is 36.4 Å². The van der Waals surface area contributed by atoms with Crippen LogP contribution in [-0.4, -0.2) is 14.5 Å². The molecule has 0 aromatic heterocycles. The van der Waals surface area contributed by atoms with Gasteiger partial charge in [-0.2, -0.15) is 0 Å². The Morgan fingerprint density at radius 1 is 1.23 bits per heavy atom. The molecule has 2 N–H and O–H groups in total. The van der Waals surface area contributed by atoms with Crippen molar-refractivity contribution >= 4 is 44.6 Å². The highest BCUT2D eigenvalue weighted by molar-refractivity contribution is 7.92. The van der Waals surface area contributed by atoms with E-state index in [0.29, 0.717) is 11.1 Å². The number of benzene rings is 2. The van der Waals surface area contributed by atoms with E-state index < -0.39 is 10.0 Å². The number of anilines is 2. The lowest BCUT2D eigenvalue weighted by atomic mass is 10.1. The van der Waals surface area contributed by atoms with Gasteiger partial charge in [-0.15, -0.1) is 0 Å². The van der Waals surface area contributed by atoms with E-state index >= 15 is 0 Å². The molecule has 2 aromatic rings. The fourth-order valence-electron chi connectivity index (χ4n) is 2.48. The van der Waals surface area contributed by atoms with Crippen LogP contribution in [0.25, 0.3) is 0 Å². The highest BCUT2D eigenvalue weighted by atomic mass is 35.5. The summed E-state index contributed by atoms with van der Waals surface area (Å²) in [7, 11) is -3.71. The summed E-state index contributed by atoms with van der Waals surface area (Å²) in [6, 6.07) is 10.2. The van der Waals surface area contributed by atoms with E-state index in [2.05, 4.69) is 17.0 Å². The van der Waals surface area contributed by atoms with Crippen molar-refractivity contribution in [1.82, 2.24) is 0 Å². The maximum atomic E-state index is 12.5. The third-order valence-electron chi connectivity index (χ3n) is 3.51. The molecule has 3 rings (SSSR count). The number of fused-ring (bicyclic) bond motifs is 1. The molecule has 22 heavy (non-hydrogen) atoms. The van der Waals surface area contributed by atoms with Gasteiger partial charge in [-0.05, 0) is 49.2 Å².